The van der Waals surface area contributed by atoms with E-state index >= 15 is 0 Å². The molecular formula is C20H15ClN4O4S2. The van der Waals surface area contributed by atoms with E-state index in [4.69, 9.17) is 21.6 Å². The van der Waals surface area contributed by atoms with Crippen LogP contribution in [-0.4, -0.2) is 32.0 Å². The van der Waals surface area contributed by atoms with E-state index < -0.39 is 16.1 Å². The molecular weight excluding hydrogens is 460 g/mol. The summed E-state index contributed by atoms with van der Waals surface area (Å²) in [5, 5.41) is 11.2. The van der Waals surface area contributed by atoms with E-state index in [0.717, 1.165) is 0 Å². The number of nitrogens with one attached hydrogen (secondary N) is 1. The first-order chi connectivity index (χ1) is 14.9. The lowest BCUT2D eigenvalue weighted by Gasteiger charge is -2.18. The number of ether oxygens (including phenoxy) is 1. The number of aromatic nitrogens is 1. The number of benzene rings is 2. The highest BCUT2D eigenvalue weighted by molar-refractivity contribution is 7.93. The SMILES string of the molecule is N#Cc1ccc(OC2CCN(c3ccc(S(=O)(=O)Nc4nccs4)cc3)C2=O)cc1Cl. The van der Waals surface area contributed by atoms with E-state index in [1.54, 1.807) is 28.5 Å². The van der Waals surface area contributed by atoms with Crippen LogP contribution in [-0.2, 0) is 14.8 Å². The van der Waals surface area contributed by atoms with Crippen LogP contribution in [0, 0.1) is 11.3 Å². The van der Waals surface area contributed by atoms with Crippen LogP contribution in [0.1, 0.15) is 12.0 Å². The topological polar surface area (TPSA) is 112 Å². The van der Waals surface area contributed by atoms with Gasteiger partial charge in [-0.15, -0.1) is 11.3 Å². The summed E-state index contributed by atoms with van der Waals surface area (Å²) < 4.78 is 33.1. The van der Waals surface area contributed by atoms with E-state index in [-0.39, 0.29) is 21.0 Å². The van der Waals surface area contributed by atoms with Crippen molar-refractivity contribution in [1.29, 1.82) is 5.26 Å². The van der Waals surface area contributed by atoms with Crippen LogP contribution < -0.4 is 14.4 Å². The molecule has 2 aromatic carbocycles. The molecule has 1 unspecified atom stereocenters. The summed E-state index contributed by atoms with van der Waals surface area (Å²) in [6.45, 7) is 0.428. The molecule has 1 aromatic heterocycles. The summed E-state index contributed by atoms with van der Waals surface area (Å²) in [6.07, 6.45) is 1.27. The molecule has 4 rings (SSSR count). The van der Waals surface area contributed by atoms with E-state index in [9.17, 15) is 13.2 Å². The molecule has 1 saturated heterocycles. The standard InChI is InChI=1S/C20H15ClN4O4S2/c21-17-11-15(4-1-13(17)12-22)29-18-7-9-25(19(18)26)14-2-5-16(6-3-14)31(27,28)24-20-23-8-10-30-20/h1-6,8,10-11,18H,7,9H2,(H,23,24). The fourth-order valence-electron chi connectivity index (χ4n) is 3.10. The predicted octanol–water partition coefficient (Wildman–Crippen LogP) is 3.65. The van der Waals surface area contributed by atoms with Gasteiger partial charge in [-0.3, -0.25) is 9.52 Å². The number of hydrogen-bond acceptors (Lipinski definition) is 7. The molecule has 0 bridgehead atoms. The molecule has 0 saturated carbocycles. The molecule has 1 N–H and O–H groups in total. The van der Waals surface area contributed by atoms with E-state index in [2.05, 4.69) is 9.71 Å². The first-order valence-electron chi connectivity index (χ1n) is 9.07. The summed E-state index contributed by atoms with van der Waals surface area (Å²) in [5.74, 6) is 0.163. The van der Waals surface area contributed by atoms with Crippen molar-refractivity contribution in [3.05, 3.63) is 64.6 Å². The second kappa shape index (κ2) is 8.55. The van der Waals surface area contributed by atoms with Gasteiger partial charge in [0.2, 0.25) is 0 Å². The Morgan fingerprint density at radius 2 is 2.03 bits per heavy atom. The summed E-state index contributed by atoms with van der Waals surface area (Å²) in [4.78, 5) is 18.3. The minimum atomic E-state index is -3.76. The molecule has 158 valence electrons. The number of nitrogens with zero attached hydrogens (tertiary/aromatic N) is 3. The van der Waals surface area contributed by atoms with E-state index in [1.165, 1.54) is 41.8 Å². The molecule has 1 fully saturated rings. The number of carbonyl (C=O) groups is 1. The predicted molar refractivity (Wildman–Crippen MR) is 117 cm³/mol. The summed E-state index contributed by atoms with van der Waals surface area (Å²) in [5.41, 5.74) is 0.898. The minimum absolute atomic E-state index is 0.0677. The van der Waals surface area contributed by atoms with Crippen molar-refractivity contribution >= 4 is 49.7 Å². The van der Waals surface area contributed by atoms with Gasteiger partial charge in [0.05, 0.1) is 15.5 Å². The zero-order valence-electron chi connectivity index (χ0n) is 15.9. The summed E-state index contributed by atoms with van der Waals surface area (Å²) in [7, 11) is -3.76. The zero-order chi connectivity index (χ0) is 22.0. The van der Waals surface area contributed by atoms with Crippen molar-refractivity contribution in [3.8, 4) is 11.8 Å². The van der Waals surface area contributed by atoms with Crippen LogP contribution in [0.25, 0.3) is 0 Å². The molecule has 3 aromatic rings. The lowest BCUT2D eigenvalue weighted by atomic mass is 10.2. The van der Waals surface area contributed by atoms with Gasteiger partial charge in [0.15, 0.2) is 11.2 Å². The molecule has 1 aliphatic rings. The van der Waals surface area contributed by atoms with Crippen molar-refractivity contribution in [1.82, 2.24) is 4.98 Å². The van der Waals surface area contributed by atoms with Gasteiger partial charge < -0.3 is 9.64 Å². The molecule has 1 aliphatic heterocycles. The first kappa shape index (κ1) is 21.1. The molecule has 1 atom stereocenters. The quantitative estimate of drug-likeness (QED) is 0.583. The normalized spacial score (nSPS) is 16.2. The number of nitriles is 1. The van der Waals surface area contributed by atoms with Crippen molar-refractivity contribution < 1.29 is 17.9 Å². The third kappa shape index (κ3) is 4.49. The third-order valence-electron chi connectivity index (χ3n) is 4.61. The highest BCUT2D eigenvalue weighted by Gasteiger charge is 2.34. The fraction of sp³-hybridized carbons (Fsp3) is 0.150. The number of amides is 1. The molecule has 0 spiro atoms. The Balaban J connectivity index is 1.45. The lowest BCUT2D eigenvalue weighted by Crippen LogP contribution is -2.32. The van der Waals surface area contributed by atoms with Crippen LogP contribution in [0.15, 0.2) is 58.9 Å². The van der Waals surface area contributed by atoms with Gasteiger partial charge in [-0.25, -0.2) is 13.4 Å². The number of hydrogen-bond donors (Lipinski definition) is 1. The molecule has 31 heavy (non-hydrogen) atoms. The van der Waals surface area contributed by atoms with Crippen molar-refractivity contribution in [3.63, 3.8) is 0 Å². The second-order valence-corrected chi connectivity index (χ2v) is 9.56. The van der Waals surface area contributed by atoms with Gasteiger partial charge in [-0.1, -0.05) is 11.6 Å². The van der Waals surface area contributed by atoms with Crippen molar-refractivity contribution in [2.45, 2.75) is 17.4 Å². The summed E-state index contributed by atoms with van der Waals surface area (Å²) in [6, 6.07) is 12.6. The van der Waals surface area contributed by atoms with Gasteiger partial charge in [-0.05, 0) is 36.4 Å². The lowest BCUT2D eigenvalue weighted by molar-refractivity contribution is -0.122. The third-order valence-corrected chi connectivity index (χ3v) is 7.09. The molecule has 0 aliphatic carbocycles. The van der Waals surface area contributed by atoms with Crippen molar-refractivity contribution in [2.24, 2.45) is 0 Å². The number of halogens is 1. The number of sulfonamides is 1. The highest BCUT2D eigenvalue weighted by Crippen LogP contribution is 2.28. The molecule has 0 radical (unpaired) electrons. The van der Waals surface area contributed by atoms with Crippen LogP contribution in [0.4, 0.5) is 10.8 Å². The molecule has 11 heteroatoms. The fourth-order valence-corrected chi connectivity index (χ4v) is 5.10. The Kier molecular flexibility index (Phi) is 5.82. The molecule has 1 amide bonds. The van der Waals surface area contributed by atoms with Crippen LogP contribution in [0.5, 0.6) is 5.75 Å². The highest BCUT2D eigenvalue weighted by atomic mass is 35.5. The van der Waals surface area contributed by atoms with Gasteiger partial charge in [0.1, 0.15) is 11.8 Å². The maximum atomic E-state index is 12.8. The van der Waals surface area contributed by atoms with Crippen LogP contribution in [0.2, 0.25) is 5.02 Å². The van der Waals surface area contributed by atoms with Gasteiger partial charge in [0.25, 0.3) is 15.9 Å². The molecule has 2 heterocycles. The van der Waals surface area contributed by atoms with Crippen molar-refractivity contribution in [2.75, 3.05) is 16.2 Å². The smallest absolute Gasteiger partial charge is 0.268 e. The number of rotatable bonds is 6. The van der Waals surface area contributed by atoms with Gasteiger partial charge >= 0.3 is 0 Å². The number of thiazole rings is 1. The van der Waals surface area contributed by atoms with Crippen LogP contribution in [0.3, 0.4) is 0 Å². The Morgan fingerprint density at radius 3 is 2.68 bits per heavy atom. The minimum Gasteiger partial charge on any atom is -0.480 e. The average Bonchev–Trinajstić information content (AvgIpc) is 3.38. The number of carbonyl (C=O) groups excluding carboxylic acids is 1. The number of anilines is 2. The molecule has 8 nitrogen and oxygen atoms in total. The monoisotopic (exact) mass is 474 g/mol. The van der Waals surface area contributed by atoms with Crippen LogP contribution >= 0.6 is 22.9 Å². The van der Waals surface area contributed by atoms with Gasteiger partial charge in [-0.2, -0.15) is 5.26 Å². The maximum Gasteiger partial charge on any atom is 0.268 e. The zero-order valence-corrected chi connectivity index (χ0v) is 18.2. The van der Waals surface area contributed by atoms with E-state index in [0.29, 0.717) is 30.0 Å². The Bertz CT molecular complexity index is 1260. The van der Waals surface area contributed by atoms with E-state index in [1.807, 2.05) is 6.07 Å². The average molecular weight is 475 g/mol. The largest absolute Gasteiger partial charge is 0.480 e. The Labute approximate surface area is 187 Å². The second-order valence-electron chi connectivity index (χ2n) is 6.58. The first-order valence-corrected chi connectivity index (χ1v) is 11.8. The maximum absolute atomic E-state index is 12.8. The Hall–Kier alpha value is -3.13. The Morgan fingerprint density at radius 1 is 1.26 bits per heavy atom. The summed E-state index contributed by atoms with van der Waals surface area (Å²) >= 11 is 7.20. The van der Waals surface area contributed by atoms with Gasteiger partial charge in [0, 0.05) is 36.3 Å².